The number of halogens is 1. The van der Waals surface area contributed by atoms with Crippen LogP contribution in [0.25, 0.3) is 0 Å². The SMILES string of the molecule is COC1OC(=O)C(Cl)=C1N1CCC(c2ccccc2)CC1. The third kappa shape index (κ3) is 2.78. The molecular weight excluding hydrogens is 290 g/mol. The van der Waals surface area contributed by atoms with Gasteiger partial charge in [0.2, 0.25) is 6.29 Å². The summed E-state index contributed by atoms with van der Waals surface area (Å²) in [5.41, 5.74) is 2.05. The van der Waals surface area contributed by atoms with E-state index in [1.165, 1.54) is 12.7 Å². The van der Waals surface area contributed by atoms with Crippen LogP contribution in [0.4, 0.5) is 0 Å². The van der Waals surface area contributed by atoms with Gasteiger partial charge in [-0.2, -0.15) is 0 Å². The minimum Gasteiger partial charge on any atom is -0.425 e. The molecule has 112 valence electrons. The third-order valence-corrected chi connectivity index (χ3v) is 4.51. The second kappa shape index (κ2) is 6.08. The van der Waals surface area contributed by atoms with Gasteiger partial charge in [0.1, 0.15) is 5.70 Å². The molecule has 1 aromatic carbocycles. The minimum atomic E-state index is -0.668. The van der Waals surface area contributed by atoms with Crippen molar-refractivity contribution in [2.45, 2.75) is 25.0 Å². The molecule has 3 rings (SSSR count). The highest BCUT2D eigenvalue weighted by atomic mass is 35.5. The van der Waals surface area contributed by atoms with Crippen molar-refractivity contribution in [2.24, 2.45) is 0 Å². The maximum Gasteiger partial charge on any atom is 0.354 e. The summed E-state index contributed by atoms with van der Waals surface area (Å²) in [7, 11) is 1.52. The molecule has 2 aliphatic heterocycles. The molecule has 21 heavy (non-hydrogen) atoms. The van der Waals surface area contributed by atoms with Gasteiger partial charge in [0.15, 0.2) is 5.03 Å². The number of hydrogen-bond donors (Lipinski definition) is 0. The number of rotatable bonds is 3. The van der Waals surface area contributed by atoms with Crippen LogP contribution >= 0.6 is 11.6 Å². The zero-order valence-corrected chi connectivity index (χ0v) is 12.7. The Morgan fingerprint density at radius 2 is 1.90 bits per heavy atom. The number of esters is 1. The van der Waals surface area contributed by atoms with Crippen LogP contribution < -0.4 is 0 Å². The summed E-state index contributed by atoms with van der Waals surface area (Å²) in [5.74, 6) is 0.0598. The Morgan fingerprint density at radius 3 is 2.52 bits per heavy atom. The Kier molecular flexibility index (Phi) is 4.17. The fourth-order valence-electron chi connectivity index (χ4n) is 3.04. The standard InChI is InChI=1S/C16H18ClNO3/c1-20-16-14(13(17)15(19)21-16)18-9-7-12(8-10-18)11-5-3-2-4-6-11/h2-6,12,16H,7-10H2,1H3. The molecule has 1 unspecified atom stereocenters. The number of carbonyl (C=O) groups excluding carboxylic acids is 1. The lowest BCUT2D eigenvalue weighted by Crippen LogP contribution is -2.36. The summed E-state index contributed by atoms with van der Waals surface area (Å²) in [6, 6.07) is 10.5. The van der Waals surface area contributed by atoms with E-state index in [4.69, 9.17) is 21.1 Å². The summed E-state index contributed by atoms with van der Waals surface area (Å²) < 4.78 is 10.3. The number of piperidine rings is 1. The number of ether oxygens (including phenoxy) is 2. The first-order valence-corrected chi connectivity index (χ1v) is 7.52. The van der Waals surface area contributed by atoms with Crippen molar-refractivity contribution >= 4 is 17.6 Å². The lowest BCUT2D eigenvalue weighted by Gasteiger charge is -2.35. The Morgan fingerprint density at radius 1 is 1.24 bits per heavy atom. The van der Waals surface area contributed by atoms with Crippen molar-refractivity contribution in [3.05, 3.63) is 46.6 Å². The predicted molar refractivity (Wildman–Crippen MR) is 79.8 cm³/mol. The van der Waals surface area contributed by atoms with Crippen molar-refractivity contribution < 1.29 is 14.3 Å². The molecule has 0 amide bonds. The van der Waals surface area contributed by atoms with Crippen molar-refractivity contribution in [3.8, 4) is 0 Å². The summed E-state index contributed by atoms with van der Waals surface area (Å²) in [6.45, 7) is 1.70. The highest BCUT2D eigenvalue weighted by Crippen LogP contribution is 2.34. The lowest BCUT2D eigenvalue weighted by atomic mass is 9.89. The Bertz CT molecular complexity index is 550. The van der Waals surface area contributed by atoms with E-state index < -0.39 is 12.3 Å². The summed E-state index contributed by atoms with van der Waals surface area (Å²) >= 11 is 6.07. The Labute approximate surface area is 129 Å². The van der Waals surface area contributed by atoms with Gasteiger partial charge in [-0.05, 0) is 24.3 Å². The fourth-order valence-corrected chi connectivity index (χ4v) is 3.29. The molecule has 4 nitrogen and oxygen atoms in total. The van der Waals surface area contributed by atoms with Crippen molar-refractivity contribution in [1.82, 2.24) is 4.90 Å². The molecule has 0 saturated carbocycles. The van der Waals surface area contributed by atoms with Gasteiger partial charge in [-0.25, -0.2) is 4.79 Å². The summed E-state index contributed by atoms with van der Waals surface area (Å²) in [5, 5.41) is 0.153. The minimum absolute atomic E-state index is 0.153. The first-order chi connectivity index (χ1) is 10.2. The third-order valence-electron chi connectivity index (χ3n) is 4.16. The van der Waals surface area contributed by atoms with Gasteiger partial charge < -0.3 is 14.4 Å². The number of methoxy groups -OCH3 is 1. The Hall–Kier alpha value is -1.52. The molecule has 5 heteroatoms. The first-order valence-electron chi connectivity index (χ1n) is 7.14. The molecule has 0 radical (unpaired) electrons. The van der Waals surface area contributed by atoms with E-state index in [2.05, 4.69) is 29.2 Å². The van der Waals surface area contributed by atoms with E-state index in [0.717, 1.165) is 25.9 Å². The fraction of sp³-hybridized carbons (Fsp3) is 0.438. The van der Waals surface area contributed by atoms with E-state index in [0.29, 0.717) is 11.6 Å². The molecule has 0 bridgehead atoms. The number of nitrogens with zero attached hydrogens (tertiary/aromatic N) is 1. The van der Waals surface area contributed by atoms with Gasteiger partial charge in [-0.3, -0.25) is 0 Å². The molecule has 2 heterocycles. The van der Waals surface area contributed by atoms with Crippen LogP contribution in [0.1, 0.15) is 24.3 Å². The van der Waals surface area contributed by atoms with Crippen LogP contribution in [0.2, 0.25) is 0 Å². The first kappa shape index (κ1) is 14.4. The number of likely N-dealkylation sites (tertiary alicyclic amines) is 1. The monoisotopic (exact) mass is 307 g/mol. The molecule has 2 aliphatic rings. The van der Waals surface area contributed by atoms with E-state index in [9.17, 15) is 4.79 Å². The number of hydrogen-bond acceptors (Lipinski definition) is 4. The number of cyclic esters (lactones) is 1. The average Bonchev–Trinajstić information content (AvgIpc) is 2.83. The van der Waals surface area contributed by atoms with Gasteiger partial charge in [0.05, 0.1) is 0 Å². The summed E-state index contributed by atoms with van der Waals surface area (Å²) in [6.07, 6.45) is 1.39. The molecule has 1 aromatic rings. The molecule has 0 spiro atoms. The van der Waals surface area contributed by atoms with Crippen LogP contribution in [-0.4, -0.2) is 37.4 Å². The summed E-state index contributed by atoms with van der Waals surface area (Å²) in [4.78, 5) is 13.7. The van der Waals surface area contributed by atoms with Crippen LogP contribution in [0.15, 0.2) is 41.1 Å². The number of benzene rings is 1. The quantitative estimate of drug-likeness (QED) is 0.805. The number of carbonyl (C=O) groups is 1. The van der Waals surface area contributed by atoms with Crippen LogP contribution in [0.5, 0.6) is 0 Å². The second-order valence-corrected chi connectivity index (χ2v) is 5.72. The van der Waals surface area contributed by atoms with Gasteiger partial charge >= 0.3 is 5.97 Å². The van der Waals surface area contributed by atoms with Gasteiger partial charge in [0, 0.05) is 20.2 Å². The lowest BCUT2D eigenvalue weighted by molar-refractivity contribution is -0.157. The molecule has 1 atom stereocenters. The van der Waals surface area contributed by atoms with Crippen molar-refractivity contribution in [1.29, 1.82) is 0 Å². The highest BCUT2D eigenvalue weighted by Gasteiger charge is 2.38. The predicted octanol–water partition coefficient (Wildman–Crippen LogP) is 2.85. The van der Waals surface area contributed by atoms with Gasteiger partial charge in [-0.1, -0.05) is 41.9 Å². The zero-order valence-electron chi connectivity index (χ0n) is 11.9. The molecular formula is C16H18ClNO3. The van der Waals surface area contributed by atoms with E-state index in [1.807, 2.05) is 6.07 Å². The zero-order chi connectivity index (χ0) is 14.8. The van der Waals surface area contributed by atoms with Crippen LogP contribution in [0, 0.1) is 0 Å². The second-order valence-electron chi connectivity index (χ2n) is 5.34. The molecule has 1 saturated heterocycles. The Balaban J connectivity index is 1.70. The molecule has 0 aliphatic carbocycles. The van der Waals surface area contributed by atoms with Gasteiger partial charge in [0.25, 0.3) is 0 Å². The largest absolute Gasteiger partial charge is 0.425 e. The normalized spacial score (nSPS) is 23.6. The topological polar surface area (TPSA) is 38.8 Å². The van der Waals surface area contributed by atoms with E-state index in [1.54, 1.807) is 0 Å². The molecule has 0 aromatic heterocycles. The molecule has 0 N–H and O–H groups in total. The van der Waals surface area contributed by atoms with Crippen LogP contribution in [-0.2, 0) is 14.3 Å². The van der Waals surface area contributed by atoms with E-state index >= 15 is 0 Å². The molecule has 1 fully saturated rings. The average molecular weight is 308 g/mol. The van der Waals surface area contributed by atoms with Gasteiger partial charge in [-0.15, -0.1) is 0 Å². The van der Waals surface area contributed by atoms with E-state index in [-0.39, 0.29) is 5.03 Å². The maximum atomic E-state index is 11.6. The highest BCUT2D eigenvalue weighted by molar-refractivity contribution is 6.42. The maximum absolute atomic E-state index is 11.6. The van der Waals surface area contributed by atoms with Crippen molar-refractivity contribution in [3.63, 3.8) is 0 Å². The van der Waals surface area contributed by atoms with Crippen molar-refractivity contribution in [2.75, 3.05) is 20.2 Å². The smallest absolute Gasteiger partial charge is 0.354 e. The van der Waals surface area contributed by atoms with Crippen LogP contribution in [0.3, 0.4) is 0 Å².